The number of halogens is 1. The number of ether oxygens (including phenoxy) is 1. The smallest absolute Gasteiger partial charge is 0.262 e. The van der Waals surface area contributed by atoms with Crippen LogP contribution < -0.4 is 20.1 Å². The van der Waals surface area contributed by atoms with Crippen LogP contribution in [0.2, 0.25) is 0 Å². The summed E-state index contributed by atoms with van der Waals surface area (Å²) in [5, 5.41) is 0.495. The van der Waals surface area contributed by atoms with E-state index in [-0.39, 0.29) is 22.0 Å². The summed E-state index contributed by atoms with van der Waals surface area (Å²) in [5.41, 5.74) is 7.83. The molecule has 0 amide bonds. The molecule has 2 aromatic heterocycles. The lowest BCUT2D eigenvalue weighted by molar-refractivity contribution is 0.310. The third-order valence-electron chi connectivity index (χ3n) is 5.65. The molecule has 0 bridgehead atoms. The summed E-state index contributed by atoms with van der Waals surface area (Å²) >= 11 is 0. The van der Waals surface area contributed by atoms with Crippen molar-refractivity contribution in [3.63, 3.8) is 0 Å². The van der Waals surface area contributed by atoms with E-state index in [1.807, 2.05) is 11.9 Å². The van der Waals surface area contributed by atoms with Crippen LogP contribution in [0.1, 0.15) is 0 Å². The van der Waals surface area contributed by atoms with Crippen LogP contribution in [0.5, 0.6) is 5.75 Å². The van der Waals surface area contributed by atoms with Gasteiger partial charge in [-0.3, -0.25) is 4.72 Å². The van der Waals surface area contributed by atoms with Gasteiger partial charge in [-0.15, -0.1) is 0 Å². The molecule has 0 unspecified atom stereocenters. The van der Waals surface area contributed by atoms with E-state index in [0.717, 1.165) is 5.69 Å². The van der Waals surface area contributed by atoms with Crippen LogP contribution in [-0.4, -0.2) is 43.2 Å². The quantitative estimate of drug-likeness (QED) is 0.473. The molecule has 0 fully saturated rings. The Kier molecular flexibility index (Phi) is 4.85. The van der Waals surface area contributed by atoms with E-state index in [2.05, 4.69) is 14.7 Å². The van der Waals surface area contributed by atoms with Crippen LogP contribution in [0, 0.1) is 5.82 Å². The molecule has 0 spiro atoms. The summed E-state index contributed by atoms with van der Waals surface area (Å²) in [6.45, 7) is 1.16. The van der Waals surface area contributed by atoms with Gasteiger partial charge < -0.3 is 19.9 Å². The number of aryl methyl sites for hydroxylation is 1. The molecule has 170 valence electrons. The molecule has 1 aliphatic rings. The molecule has 11 heteroatoms. The molecule has 0 atom stereocenters. The maximum atomic E-state index is 15.5. The lowest BCUT2D eigenvalue weighted by Gasteiger charge is -2.27. The summed E-state index contributed by atoms with van der Waals surface area (Å²) in [6.07, 6.45) is 3.02. The molecular formula is C22H21FN6O3S. The molecule has 5 rings (SSSR count). The number of likely N-dealkylation sites (N-methyl/N-ethyl adjacent to an activating group) is 1. The van der Waals surface area contributed by atoms with Crippen LogP contribution in [-0.2, 0) is 17.1 Å². The maximum absolute atomic E-state index is 15.5. The number of fused-ring (bicyclic) bond motifs is 2. The molecule has 0 radical (unpaired) electrons. The number of benzene rings is 2. The highest BCUT2D eigenvalue weighted by Crippen LogP contribution is 2.37. The Morgan fingerprint density at radius 3 is 2.79 bits per heavy atom. The van der Waals surface area contributed by atoms with Gasteiger partial charge in [0.05, 0.1) is 28.2 Å². The second-order valence-corrected chi connectivity index (χ2v) is 9.47. The molecule has 4 aromatic rings. The van der Waals surface area contributed by atoms with Gasteiger partial charge in [0.15, 0.2) is 5.82 Å². The molecule has 9 nitrogen and oxygen atoms in total. The molecular weight excluding hydrogens is 447 g/mol. The molecule has 0 aliphatic carbocycles. The van der Waals surface area contributed by atoms with Gasteiger partial charge in [0.2, 0.25) is 0 Å². The number of nitrogen functional groups attached to an aromatic ring is 1. The largest absolute Gasteiger partial charge is 0.490 e. The number of nitrogens with two attached hydrogens (primary N) is 1. The van der Waals surface area contributed by atoms with Crippen molar-refractivity contribution in [1.82, 2.24) is 14.5 Å². The van der Waals surface area contributed by atoms with E-state index in [0.29, 0.717) is 35.5 Å². The predicted molar refractivity (Wildman–Crippen MR) is 124 cm³/mol. The topological polar surface area (TPSA) is 115 Å². The first-order chi connectivity index (χ1) is 15.8. The zero-order chi connectivity index (χ0) is 23.3. The fourth-order valence-electron chi connectivity index (χ4n) is 3.97. The maximum Gasteiger partial charge on any atom is 0.262 e. The van der Waals surface area contributed by atoms with Crippen LogP contribution in [0.25, 0.3) is 22.2 Å². The number of hydrogen-bond donors (Lipinski definition) is 2. The van der Waals surface area contributed by atoms with Gasteiger partial charge in [-0.2, -0.15) is 0 Å². The zero-order valence-electron chi connectivity index (χ0n) is 17.9. The molecule has 0 saturated heterocycles. The van der Waals surface area contributed by atoms with Gasteiger partial charge in [-0.05, 0) is 18.2 Å². The molecule has 3 heterocycles. The van der Waals surface area contributed by atoms with Crippen molar-refractivity contribution in [3.8, 4) is 16.9 Å². The fourth-order valence-corrected chi connectivity index (χ4v) is 5.04. The van der Waals surface area contributed by atoms with Crippen molar-refractivity contribution in [2.24, 2.45) is 7.05 Å². The summed E-state index contributed by atoms with van der Waals surface area (Å²) in [4.78, 5) is 10.2. The number of rotatable bonds is 4. The molecule has 1 aliphatic heterocycles. The average Bonchev–Trinajstić information content (AvgIpc) is 3.13. The minimum atomic E-state index is -4.07. The number of nitrogens with zero attached hydrogens (tertiary/aromatic N) is 4. The first kappa shape index (κ1) is 21.0. The van der Waals surface area contributed by atoms with E-state index >= 15 is 4.39 Å². The van der Waals surface area contributed by atoms with Crippen LogP contribution >= 0.6 is 0 Å². The van der Waals surface area contributed by atoms with Gasteiger partial charge in [0.25, 0.3) is 10.0 Å². The first-order valence-electron chi connectivity index (χ1n) is 10.1. The summed E-state index contributed by atoms with van der Waals surface area (Å²) < 4.78 is 51.3. The summed E-state index contributed by atoms with van der Waals surface area (Å²) in [7, 11) is -0.410. The standard InChI is InChI=1S/C22H21FN6O3S/c1-28-8-9-32-18-10-13(6-7-17(18)28)33(30,31)27-16-5-3-4-14(20(16)23)15-11-29(2)22-19(15)21(24)25-12-26-22/h3-7,10-12,27H,8-9H2,1-2H3,(H2,24,25,26). The minimum Gasteiger partial charge on any atom is -0.490 e. The summed E-state index contributed by atoms with van der Waals surface area (Å²) in [5.74, 6) is -0.0575. The number of sulfonamides is 1. The Hall–Kier alpha value is -3.86. The van der Waals surface area contributed by atoms with E-state index in [1.54, 1.807) is 36.0 Å². The van der Waals surface area contributed by atoms with Gasteiger partial charge in [-0.1, -0.05) is 12.1 Å². The van der Waals surface area contributed by atoms with E-state index in [9.17, 15) is 8.42 Å². The van der Waals surface area contributed by atoms with Gasteiger partial charge >= 0.3 is 0 Å². The molecule has 3 N–H and O–H groups in total. The number of aromatic nitrogens is 3. The lowest BCUT2D eigenvalue weighted by atomic mass is 10.0. The van der Waals surface area contributed by atoms with E-state index in [1.165, 1.54) is 24.5 Å². The normalized spacial score (nSPS) is 13.6. The Morgan fingerprint density at radius 2 is 1.97 bits per heavy atom. The Balaban J connectivity index is 1.55. The van der Waals surface area contributed by atoms with Crippen LogP contribution in [0.3, 0.4) is 0 Å². The Labute approximate surface area is 189 Å². The second kappa shape index (κ2) is 7.62. The SMILES string of the molecule is CN1CCOc2cc(S(=O)(=O)Nc3cccc(-c4cn(C)c5ncnc(N)c45)c3F)ccc21. The predicted octanol–water partition coefficient (Wildman–Crippen LogP) is 2.99. The first-order valence-corrected chi connectivity index (χ1v) is 11.6. The van der Waals surface area contributed by atoms with E-state index < -0.39 is 15.8 Å². The van der Waals surface area contributed by atoms with Crippen LogP contribution in [0.4, 0.5) is 21.6 Å². The number of hydrogen-bond acceptors (Lipinski definition) is 7. The van der Waals surface area contributed by atoms with Crippen molar-refractivity contribution in [2.75, 3.05) is 35.6 Å². The van der Waals surface area contributed by atoms with E-state index in [4.69, 9.17) is 10.5 Å². The van der Waals surface area contributed by atoms with Gasteiger partial charge in [0, 0.05) is 37.5 Å². The van der Waals surface area contributed by atoms with Gasteiger partial charge in [0.1, 0.15) is 30.1 Å². The third-order valence-corrected chi connectivity index (χ3v) is 7.02. The third kappa shape index (κ3) is 3.50. The highest BCUT2D eigenvalue weighted by Gasteiger charge is 2.23. The lowest BCUT2D eigenvalue weighted by Crippen LogP contribution is -2.29. The number of anilines is 3. The average molecular weight is 469 g/mol. The van der Waals surface area contributed by atoms with Crippen LogP contribution in [0.15, 0.2) is 53.8 Å². The highest BCUT2D eigenvalue weighted by molar-refractivity contribution is 7.92. The highest BCUT2D eigenvalue weighted by atomic mass is 32.2. The van der Waals surface area contributed by atoms with Crippen molar-refractivity contribution >= 4 is 38.2 Å². The number of nitrogens with one attached hydrogen (secondary N) is 1. The fraction of sp³-hybridized carbons (Fsp3) is 0.182. The Morgan fingerprint density at radius 1 is 1.15 bits per heavy atom. The monoisotopic (exact) mass is 468 g/mol. The van der Waals surface area contributed by atoms with Crippen molar-refractivity contribution in [1.29, 1.82) is 0 Å². The van der Waals surface area contributed by atoms with Crippen molar-refractivity contribution in [3.05, 3.63) is 54.7 Å². The summed E-state index contributed by atoms with van der Waals surface area (Å²) in [6, 6.07) is 9.07. The second-order valence-electron chi connectivity index (χ2n) is 7.78. The zero-order valence-corrected chi connectivity index (χ0v) is 18.7. The molecule has 0 saturated carbocycles. The van der Waals surface area contributed by atoms with Crippen molar-refractivity contribution < 1.29 is 17.5 Å². The van der Waals surface area contributed by atoms with Gasteiger partial charge in [-0.25, -0.2) is 22.8 Å². The molecule has 33 heavy (non-hydrogen) atoms. The van der Waals surface area contributed by atoms with Crippen molar-refractivity contribution in [2.45, 2.75) is 4.90 Å². The minimum absolute atomic E-state index is 0.0239. The molecule has 2 aromatic carbocycles. The Bertz CT molecular complexity index is 1500.